The van der Waals surface area contributed by atoms with Crippen molar-refractivity contribution in [2.24, 2.45) is 0 Å². The third kappa shape index (κ3) is 4.14. The minimum absolute atomic E-state index is 0.0127. The number of nitrogens with zero attached hydrogens (tertiary/aromatic N) is 2. The lowest BCUT2D eigenvalue weighted by Gasteiger charge is -2.27. The molecule has 0 unspecified atom stereocenters. The van der Waals surface area contributed by atoms with E-state index in [9.17, 15) is 14.4 Å². The maximum Gasteiger partial charge on any atom is 0.303 e. The average Bonchev–Trinajstić information content (AvgIpc) is 2.38. The van der Waals surface area contributed by atoms with Crippen LogP contribution in [0.25, 0.3) is 0 Å². The standard InChI is InChI=1S/C14H21N3O4/c1-8(2)17(7-5-6-11(18)19)14(21)12-9(3)10(4)15-16-13(12)20/h8H,5-7H2,1-4H3,(H,16,20)(H,18,19). The number of nitrogens with one attached hydrogen (secondary N) is 1. The first kappa shape index (κ1) is 16.9. The van der Waals surface area contributed by atoms with Gasteiger partial charge in [-0.15, -0.1) is 0 Å². The van der Waals surface area contributed by atoms with Gasteiger partial charge < -0.3 is 10.0 Å². The first-order chi connectivity index (χ1) is 9.75. The van der Waals surface area contributed by atoms with Crippen molar-refractivity contribution in [3.05, 3.63) is 27.2 Å². The van der Waals surface area contributed by atoms with E-state index in [1.807, 2.05) is 13.8 Å². The van der Waals surface area contributed by atoms with Gasteiger partial charge in [0.05, 0.1) is 5.69 Å². The van der Waals surface area contributed by atoms with E-state index in [0.717, 1.165) is 0 Å². The summed E-state index contributed by atoms with van der Waals surface area (Å²) in [5, 5.41) is 14.8. The van der Waals surface area contributed by atoms with E-state index in [2.05, 4.69) is 10.2 Å². The van der Waals surface area contributed by atoms with Gasteiger partial charge in [-0.25, -0.2) is 5.10 Å². The van der Waals surface area contributed by atoms with Crippen LogP contribution in [0.1, 0.15) is 48.3 Å². The lowest BCUT2D eigenvalue weighted by atomic mass is 10.1. The van der Waals surface area contributed by atoms with Gasteiger partial charge in [0.25, 0.3) is 11.5 Å². The van der Waals surface area contributed by atoms with E-state index >= 15 is 0 Å². The van der Waals surface area contributed by atoms with Gasteiger partial charge in [0, 0.05) is 19.0 Å². The van der Waals surface area contributed by atoms with E-state index in [1.165, 1.54) is 4.90 Å². The first-order valence-electron chi connectivity index (χ1n) is 6.84. The van der Waals surface area contributed by atoms with Crippen molar-refractivity contribution < 1.29 is 14.7 Å². The summed E-state index contributed by atoms with van der Waals surface area (Å²) in [7, 11) is 0. The lowest BCUT2D eigenvalue weighted by Crippen LogP contribution is -2.41. The van der Waals surface area contributed by atoms with E-state index in [0.29, 0.717) is 24.2 Å². The molecule has 7 heteroatoms. The van der Waals surface area contributed by atoms with Gasteiger partial charge in [-0.1, -0.05) is 0 Å². The molecule has 21 heavy (non-hydrogen) atoms. The van der Waals surface area contributed by atoms with Gasteiger partial charge in [0.1, 0.15) is 5.56 Å². The summed E-state index contributed by atoms with van der Waals surface area (Å²) >= 11 is 0. The number of aryl methyl sites for hydroxylation is 1. The molecule has 7 nitrogen and oxygen atoms in total. The molecule has 1 aromatic heterocycles. The molecule has 1 heterocycles. The van der Waals surface area contributed by atoms with Crippen LogP contribution in [0.2, 0.25) is 0 Å². The second-order valence-corrected chi connectivity index (χ2v) is 5.23. The predicted octanol–water partition coefficient (Wildman–Crippen LogP) is 1.10. The molecule has 0 spiro atoms. The molecular formula is C14H21N3O4. The fraction of sp³-hybridized carbons (Fsp3) is 0.571. The zero-order chi connectivity index (χ0) is 16.2. The number of carbonyl (C=O) groups excluding carboxylic acids is 1. The molecule has 1 amide bonds. The molecule has 0 aliphatic heterocycles. The lowest BCUT2D eigenvalue weighted by molar-refractivity contribution is -0.137. The van der Waals surface area contributed by atoms with Crippen molar-refractivity contribution in [2.75, 3.05) is 6.54 Å². The van der Waals surface area contributed by atoms with E-state index < -0.39 is 11.5 Å². The molecule has 0 aliphatic carbocycles. The maximum atomic E-state index is 12.6. The number of amides is 1. The number of carboxylic acid groups (broad SMARTS) is 1. The highest BCUT2D eigenvalue weighted by Gasteiger charge is 2.24. The summed E-state index contributed by atoms with van der Waals surface area (Å²) in [6, 6.07) is -0.126. The fourth-order valence-electron chi connectivity index (χ4n) is 2.02. The normalized spacial score (nSPS) is 10.7. The molecule has 0 fully saturated rings. The quantitative estimate of drug-likeness (QED) is 0.818. The number of H-pyrrole nitrogens is 1. The number of rotatable bonds is 6. The monoisotopic (exact) mass is 295 g/mol. The molecule has 0 saturated carbocycles. The second kappa shape index (κ2) is 7.01. The largest absolute Gasteiger partial charge is 0.481 e. The minimum Gasteiger partial charge on any atom is -0.481 e. The fourth-order valence-corrected chi connectivity index (χ4v) is 2.02. The number of aliphatic carboxylic acids is 1. The topological polar surface area (TPSA) is 103 Å². The van der Waals surface area contributed by atoms with Crippen LogP contribution < -0.4 is 5.56 Å². The number of carbonyl (C=O) groups is 2. The van der Waals surface area contributed by atoms with Crippen molar-refractivity contribution in [1.82, 2.24) is 15.1 Å². The van der Waals surface area contributed by atoms with Gasteiger partial charge in [0.2, 0.25) is 0 Å². The minimum atomic E-state index is -0.903. The Morgan fingerprint density at radius 2 is 1.95 bits per heavy atom. The van der Waals surface area contributed by atoms with Crippen molar-refractivity contribution in [3.8, 4) is 0 Å². The summed E-state index contributed by atoms with van der Waals surface area (Å²) in [6.07, 6.45) is 0.335. The number of carboxylic acids is 1. The molecule has 0 aliphatic rings. The highest BCUT2D eigenvalue weighted by Crippen LogP contribution is 2.12. The molecular weight excluding hydrogens is 274 g/mol. The molecule has 2 N–H and O–H groups in total. The van der Waals surface area contributed by atoms with Crippen LogP contribution in [0.15, 0.2) is 4.79 Å². The second-order valence-electron chi connectivity index (χ2n) is 5.23. The molecule has 0 radical (unpaired) electrons. The summed E-state index contributed by atoms with van der Waals surface area (Å²) in [4.78, 5) is 36.6. The smallest absolute Gasteiger partial charge is 0.303 e. The van der Waals surface area contributed by atoms with Crippen molar-refractivity contribution in [2.45, 2.75) is 46.6 Å². The van der Waals surface area contributed by atoms with Crippen LogP contribution in [0.3, 0.4) is 0 Å². The number of hydrogen-bond donors (Lipinski definition) is 2. The molecule has 0 bridgehead atoms. The SMILES string of the molecule is Cc1n[nH]c(=O)c(C(=O)N(CCCC(=O)O)C(C)C)c1C. The Balaban J connectivity index is 3.04. The van der Waals surface area contributed by atoms with Crippen molar-refractivity contribution in [3.63, 3.8) is 0 Å². The Kier molecular flexibility index (Phi) is 5.63. The molecule has 1 rings (SSSR count). The zero-order valence-electron chi connectivity index (χ0n) is 12.8. The Hall–Kier alpha value is -2.18. The molecule has 116 valence electrons. The molecule has 0 saturated heterocycles. The Morgan fingerprint density at radius 3 is 2.48 bits per heavy atom. The van der Waals surface area contributed by atoms with Gasteiger partial charge >= 0.3 is 5.97 Å². The van der Waals surface area contributed by atoms with Crippen LogP contribution in [0.4, 0.5) is 0 Å². The van der Waals surface area contributed by atoms with Crippen molar-refractivity contribution >= 4 is 11.9 Å². The third-order valence-corrected chi connectivity index (χ3v) is 3.36. The van der Waals surface area contributed by atoms with Gasteiger partial charge in [-0.3, -0.25) is 14.4 Å². The maximum absolute atomic E-state index is 12.6. The van der Waals surface area contributed by atoms with Crippen LogP contribution in [0, 0.1) is 13.8 Å². The third-order valence-electron chi connectivity index (χ3n) is 3.36. The summed E-state index contributed by atoms with van der Waals surface area (Å²) in [5.74, 6) is -1.29. The van der Waals surface area contributed by atoms with Crippen LogP contribution in [-0.4, -0.2) is 44.7 Å². The Morgan fingerprint density at radius 1 is 1.33 bits per heavy atom. The Labute approximate surface area is 123 Å². The van der Waals surface area contributed by atoms with Gasteiger partial charge in [-0.05, 0) is 39.7 Å². The highest BCUT2D eigenvalue weighted by atomic mass is 16.4. The van der Waals surface area contributed by atoms with Gasteiger partial charge in [-0.2, -0.15) is 5.10 Å². The summed E-state index contributed by atoms with van der Waals surface area (Å²) in [5.41, 5.74) is 0.693. The molecule has 0 aromatic carbocycles. The average molecular weight is 295 g/mol. The van der Waals surface area contributed by atoms with Crippen molar-refractivity contribution in [1.29, 1.82) is 0 Å². The summed E-state index contributed by atoms with van der Waals surface area (Å²) < 4.78 is 0. The molecule has 0 atom stereocenters. The van der Waals surface area contributed by atoms with E-state index in [1.54, 1.807) is 13.8 Å². The zero-order valence-corrected chi connectivity index (χ0v) is 12.8. The van der Waals surface area contributed by atoms with Gasteiger partial charge in [0.15, 0.2) is 0 Å². The number of hydrogen-bond acceptors (Lipinski definition) is 4. The predicted molar refractivity (Wildman–Crippen MR) is 77.4 cm³/mol. The van der Waals surface area contributed by atoms with Crippen LogP contribution in [-0.2, 0) is 4.79 Å². The van der Waals surface area contributed by atoms with Crippen LogP contribution >= 0.6 is 0 Å². The highest BCUT2D eigenvalue weighted by molar-refractivity contribution is 5.95. The number of aromatic nitrogens is 2. The first-order valence-corrected chi connectivity index (χ1v) is 6.84. The van der Waals surface area contributed by atoms with E-state index in [4.69, 9.17) is 5.11 Å². The summed E-state index contributed by atoms with van der Waals surface area (Å²) in [6.45, 7) is 7.35. The Bertz CT molecular complexity index is 592. The van der Waals surface area contributed by atoms with E-state index in [-0.39, 0.29) is 23.9 Å². The van der Waals surface area contributed by atoms with Crippen LogP contribution in [0.5, 0.6) is 0 Å². The molecule has 1 aromatic rings. The number of aromatic amines is 1.